The van der Waals surface area contributed by atoms with Gasteiger partial charge >= 0.3 is 0 Å². The van der Waals surface area contributed by atoms with Crippen molar-refractivity contribution in [1.29, 1.82) is 0 Å². The van der Waals surface area contributed by atoms with Crippen molar-refractivity contribution in [3.63, 3.8) is 0 Å². The molecule has 0 heterocycles. The van der Waals surface area contributed by atoms with Gasteiger partial charge in [0.1, 0.15) is 0 Å². The average Bonchev–Trinajstić information content (AvgIpc) is 2.35. The van der Waals surface area contributed by atoms with Gasteiger partial charge in [-0.25, -0.2) is 0 Å². The number of benzene rings is 1. The maximum absolute atomic E-state index is 3.62. The van der Waals surface area contributed by atoms with E-state index in [1.807, 2.05) is 0 Å². The smallest absolute Gasteiger partial charge is 0.00697 e. The minimum atomic E-state index is 0.764. The number of hydrogen-bond donors (Lipinski definition) is 1. The zero-order chi connectivity index (χ0) is 13.0. The predicted molar refractivity (Wildman–Crippen MR) is 79.0 cm³/mol. The largest absolute Gasteiger partial charge is 0.314 e. The van der Waals surface area contributed by atoms with Crippen LogP contribution in [0.15, 0.2) is 18.2 Å². The second-order valence-electron chi connectivity index (χ2n) is 5.91. The second kappa shape index (κ2) is 6.38. The Morgan fingerprint density at radius 3 is 2.72 bits per heavy atom. The molecule has 1 aromatic rings. The quantitative estimate of drug-likeness (QED) is 0.845. The first-order chi connectivity index (χ1) is 8.69. The Morgan fingerprint density at radius 1 is 1.17 bits per heavy atom. The fraction of sp³-hybridized carbons (Fsp3) is 0.647. The molecule has 0 saturated heterocycles. The minimum Gasteiger partial charge on any atom is -0.314 e. The molecule has 100 valence electrons. The topological polar surface area (TPSA) is 12.0 Å². The first-order valence-corrected chi connectivity index (χ1v) is 7.48. The van der Waals surface area contributed by atoms with Gasteiger partial charge in [0.25, 0.3) is 0 Å². The van der Waals surface area contributed by atoms with Crippen molar-refractivity contribution in [3.8, 4) is 0 Å². The lowest BCUT2D eigenvalue weighted by molar-refractivity contribution is 0.287. The van der Waals surface area contributed by atoms with E-state index in [0.29, 0.717) is 0 Å². The monoisotopic (exact) mass is 245 g/mol. The van der Waals surface area contributed by atoms with Gasteiger partial charge in [0.2, 0.25) is 0 Å². The average molecular weight is 245 g/mol. The molecule has 1 heteroatoms. The number of hydrogen-bond acceptors (Lipinski definition) is 1. The highest BCUT2D eigenvalue weighted by molar-refractivity contribution is 5.30. The molecular weight excluding hydrogens is 218 g/mol. The zero-order valence-electron chi connectivity index (χ0n) is 12.1. The number of aryl methyl sites for hydroxylation is 2. The van der Waals surface area contributed by atoms with Crippen molar-refractivity contribution in [3.05, 3.63) is 34.9 Å². The number of rotatable bonds is 4. The van der Waals surface area contributed by atoms with Crippen LogP contribution in [0.4, 0.5) is 0 Å². The molecule has 1 aliphatic carbocycles. The Balaban J connectivity index is 1.93. The minimum absolute atomic E-state index is 0.764. The van der Waals surface area contributed by atoms with E-state index in [1.54, 1.807) is 0 Å². The van der Waals surface area contributed by atoms with E-state index >= 15 is 0 Å². The van der Waals surface area contributed by atoms with Crippen LogP contribution < -0.4 is 5.32 Å². The number of nitrogens with one attached hydrogen (secondary N) is 1. The van der Waals surface area contributed by atoms with Crippen molar-refractivity contribution < 1.29 is 0 Å². The van der Waals surface area contributed by atoms with E-state index in [0.717, 1.165) is 18.5 Å². The van der Waals surface area contributed by atoms with Crippen LogP contribution in [0.1, 0.15) is 49.3 Å². The summed E-state index contributed by atoms with van der Waals surface area (Å²) in [6, 6.07) is 7.74. The summed E-state index contributed by atoms with van der Waals surface area (Å²) in [5.41, 5.74) is 4.37. The van der Waals surface area contributed by atoms with E-state index < -0.39 is 0 Å². The van der Waals surface area contributed by atoms with Gasteiger partial charge in [0, 0.05) is 6.04 Å². The zero-order valence-corrected chi connectivity index (χ0v) is 12.1. The predicted octanol–water partition coefficient (Wildman–Crippen LogP) is 4.01. The highest BCUT2D eigenvalue weighted by Crippen LogP contribution is 2.27. The van der Waals surface area contributed by atoms with Crippen LogP contribution in [0.2, 0.25) is 0 Å². The third-order valence-electron chi connectivity index (χ3n) is 4.37. The van der Waals surface area contributed by atoms with E-state index in [4.69, 9.17) is 0 Å². The van der Waals surface area contributed by atoms with E-state index in [-0.39, 0.29) is 0 Å². The molecule has 1 nitrogen and oxygen atoms in total. The molecule has 1 aromatic carbocycles. The molecule has 2 rings (SSSR count). The Hall–Kier alpha value is -0.820. The van der Waals surface area contributed by atoms with E-state index in [9.17, 15) is 0 Å². The summed E-state index contributed by atoms with van der Waals surface area (Å²) in [6.45, 7) is 7.75. The third kappa shape index (κ3) is 3.58. The molecule has 1 fully saturated rings. The van der Waals surface area contributed by atoms with Crippen LogP contribution in [0.25, 0.3) is 0 Å². The fourth-order valence-electron chi connectivity index (χ4n) is 3.21. The molecule has 1 aliphatic rings. The highest BCUT2D eigenvalue weighted by Gasteiger charge is 2.21. The van der Waals surface area contributed by atoms with Gasteiger partial charge in [-0.05, 0) is 62.3 Å². The molecule has 1 saturated carbocycles. The molecule has 0 amide bonds. The van der Waals surface area contributed by atoms with Crippen molar-refractivity contribution in [2.75, 3.05) is 6.54 Å². The molecular formula is C17H27N. The fourth-order valence-corrected chi connectivity index (χ4v) is 3.21. The molecule has 0 radical (unpaired) electrons. The summed E-state index contributed by atoms with van der Waals surface area (Å²) < 4.78 is 0. The summed E-state index contributed by atoms with van der Waals surface area (Å²) in [5.74, 6) is 0.880. The van der Waals surface area contributed by atoms with Gasteiger partial charge in [0.05, 0.1) is 0 Å². The standard InChI is InChI=1S/C17H27N/c1-4-18-17-7-5-6-15(12-17)11-16-9-8-13(2)14(3)10-16/h8-10,15,17-18H,4-7,11-12H2,1-3H3. The van der Waals surface area contributed by atoms with Crippen molar-refractivity contribution in [2.24, 2.45) is 5.92 Å². The van der Waals surface area contributed by atoms with Crippen LogP contribution >= 0.6 is 0 Å². The van der Waals surface area contributed by atoms with Gasteiger partial charge in [-0.15, -0.1) is 0 Å². The maximum Gasteiger partial charge on any atom is 0.00697 e. The van der Waals surface area contributed by atoms with E-state index in [1.165, 1.54) is 48.8 Å². The van der Waals surface area contributed by atoms with Gasteiger partial charge < -0.3 is 5.32 Å². The highest BCUT2D eigenvalue weighted by atomic mass is 14.9. The maximum atomic E-state index is 3.62. The van der Waals surface area contributed by atoms with Gasteiger partial charge in [-0.1, -0.05) is 38.0 Å². The van der Waals surface area contributed by atoms with Crippen LogP contribution in [0.5, 0.6) is 0 Å². The summed E-state index contributed by atoms with van der Waals surface area (Å²) in [4.78, 5) is 0. The van der Waals surface area contributed by atoms with Crippen molar-refractivity contribution in [2.45, 2.75) is 58.9 Å². The van der Waals surface area contributed by atoms with Crippen LogP contribution in [0.3, 0.4) is 0 Å². The van der Waals surface area contributed by atoms with Crippen LogP contribution in [-0.2, 0) is 6.42 Å². The van der Waals surface area contributed by atoms with Crippen molar-refractivity contribution >= 4 is 0 Å². The lowest BCUT2D eigenvalue weighted by atomic mass is 9.82. The summed E-state index contributed by atoms with van der Waals surface area (Å²) in [6.07, 6.45) is 6.81. The van der Waals surface area contributed by atoms with E-state index in [2.05, 4.69) is 44.3 Å². The van der Waals surface area contributed by atoms with Crippen LogP contribution in [-0.4, -0.2) is 12.6 Å². The molecule has 0 bridgehead atoms. The summed E-state index contributed by atoms with van der Waals surface area (Å²) in [7, 11) is 0. The first-order valence-electron chi connectivity index (χ1n) is 7.48. The molecule has 0 spiro atoms. The molecule has 18 heavy (non-hydrogen) atoms. The molecule has 1 N–H and O–H groups in total. The summed E-state index contributed by atoms with van der Waals surface area (Å²) >= 11 is 0. The first kappa shape index (κ1) is 13.6. The Labute approximate surface area is 112 Å². The lowest BCUT2D eigenvalue weighted by Crippen LogP contribution is -2.34. The van der Waals surface area contributed by atoms with Crippen LogP contribution in [0, 0.1) is 19.8 Å². The molecule has 0 aromatic heterocycles. The van der Waals surface area contributed by atoms with Gasteiger partial charge in [-0.2, -0.15) is 0 Å². The van der Waals surface area contributed by atoms with Crippen molar-refractivity contribution in [1.82, 2.24) is 5.32 Å². The van der Waals surface area contributed by atoms with Gasteiger partial charge in [0.15, 0.2) is 0 Å². The lowest BCUT2D eigenvalue weighted by Gasteiger charge is -2.29. The normalized spacial score (nSPS) is 24.2. The molecule has 0 aliphatic heterocycles. The second-order valence-corrected chi connectivity index (χ2v) is 5.91. The third-order valence-corrected chi connectivity index (χ3v) is 4.37. The Kier molecular flexibility index (Phi) is 4.82. The van der Waals surface area contributed by atoms with Gasteiger partial charge in [-0.3, -0.25) is 0 Å². The molecule has 2 atom stereocenters. The summed E-state index contributed by atoms with van der Waals surface area (Å²) in [5, 5.41) is 3.62. The molecule has 2 unspecified atom stereocenters. The Morgan fingerprint density at radius 2 is 2.00 bits per heavy atom. The Bertz CT molecular complexity index is 381. The SMILES string of the molecule is CCNC1CCCC(Cc2ccc(C)c(C)c2)C1.